The number of aromatic nitrogens is 1. The molecule has 6 nitrogen and oxygen atoms in total. The fourth-order valence-electron chi connectivity index (χ4n) is 3.68. The fourth-order valence-corrected chi connectivity index (χ4v) is 3.68. The van der Waals surface area contributed by atoms with E-state index in [2.05, 4.69) is 16.9 Å². The van der Waals surface area contributed by atoms with E-state index in [0.717, 1.165) is 18.7 Å². The van der Waals surface area contributed by atoms with Crippen molar-refractivity contribution in [3.8, 4) is 11.3 Å². The summed E-state index contributed by atoms with van der Waals surface area (Å²) in [4.78, 5) is 21.5. The molecular weight excluding hydrogens is 316 g/mol. The number of nitrogens with two attached hydrogens (primary N) is 1. The van der Waals surface area contributed by atoms with Crippen molar-refractivity contribution in [3.63, 3.8) is 0 Å². The zero-order valence-corrected chi connectivity index (χ0v) is 14.3. The second kappa shape index (κ2) is 6.46. The zero-order chi connectivity index (χ0) is 17.4. The molecule has 2 N–H and O–H groups in total. The van der Waals surface area contributed by atoms with Crippen LogP contribution in [0.5, 0.6) is 0 Å². The molecule has 130 valence electrons. The van der Waals surface area contributed by atoms with Crippen LogP contribution in [0.2, 0.25) is 0 Å². The summed E-state index contributed by atoms with van der Waals surface area (Å²) < 4.78 is 5.83. The monoisotopic (exact) mass is 338 g/mol. The molecule has 3 heterocycles. The predicted octanol–water partition coefficient (Wildman–Crippen LogP) is 1.49. The van der Waals surface area contributed by atoms with E-state index in [-0.39, 0.29) is 18.1 Å². The maximum absolute atomic E-state index is 13.0. The Balaban J connectivity index is 1.61. The van der Waals surface area contributed by atoms with Crippen LogP contribution in [0.3, 0.4) is 0 Å². The van der Waals surface area contributed by atoms with Crippen molar-refractivity contribution in [1.82, 2.24) is 14.8 Å². The molecule has 2 saturated heterocycles. The molecule has 0 spiro atoms. The number of anilines is 1. The number of rotatable bonds is 2. The Morgan fingerprint density at radius 1 is 1.24 bits per heavy atom. The maximum atomic E-state index is 13.0. The lowest BCUT2D eigenvalue weighted by Gasteiger charge is -2.33. The van der Waals surface area contributed by atoms with Gasteiger partial charge in [-0.2, -0.15) is 0 Å². The molecule has 0 aliphatic carbocycles. The number of morpholine rings is 1. The Hall–Kier alpha value is -2.44. The van der Waals surface area contributed by atoms with Crippen LogP contribution in [0.1, 0.15) is 10.4 Å². The molecule has 1 aromatic carbocycles. The first-order valence-corrected chi connectivity index (χ1v) is 8.56. The number of likely N-dealkylation sites (N-methyl/N-ethyl adjacent to an activating group) is 1. The lowest BCUT2D eigenvalue weighted by molar-refractivity contribution is -0.0368. The van der Waals surface area contributed by atoms with E-state index in [1.54, 1.807) is 12.3 Å². The molecule has 25 heavy (non-hydrogen) atoms. The van der Waals surface area contributed by atoms with Crippen LogP contribution in [0.4, 0.5) is 5.69 Å². The minimum absolute atomic E-state index is 0.0523. The van der Waals surface area contributed by atoms with Crippen molar-refractivity contribution in [1.29, 1.82) is 0 Å². The van der Waals surface area contributed by atoms with Gasteiger partial charge in [-0.15, -0.1) is 0 Å². The summed E-state index contributed by atoms with van der Waals surface area (Å²) in [6.07, 6.45) is 1.73. The smallest absolute Gasteiger partial charge is 0.256 e. The third-order valence-corrected chi connectivity index (χ3v) is 5.13. The van der Waals surface area contributed by atoms with Crippen LogP contribution in [0.25, 0.3) is 11.3 Å². The van der Waals surface area contributed by atoms with Gasteiger partial charge in [0.2, 0.25) is 0 Å². The molecule has 1 aromatic heterocycles. The number of ether oxygens (including phenoxy) is 1. The van der Waals surface area contributed by atoms with Gasteiger partial charge in [-0.3, -0.25) is 14.7 Å². The molecule has 1 amide bonds. The Morgan fingerprint density at radius 3 is 2.80 bits per heavy atom. The van der Waals surface area contributed by atoms with Gasteiger partial charge in [0.05, 0.1) is 35.7 Å². The van der Waals surface area contributed by atoms with Crippen LogP contribution in [0, 0.1) is 0 Å². The van der Waals surface area contributed by atoms with Crippen molar-refractivity contribution in [2.75, 3.05) is 39.0 Å². The number of hydrogen-bond acceptors (Lipinski definition) is 5. The quantitative estimate of drug-likeness (QED) is 0.898. The van der Waals surface area contributed by atoms with E-state index in [4.69, 9.17) is 10.5 Å². The lowest BCUT2D eigenvalue weighted by atomic mass is 10.1. The van der Waals surface area contributed by atoms with Gasteiger partial charge in [0, 0.05) is 31.4 Å². The van der Waals surface area contributed by atoms with Crippen LogP contribution >= 0.6 is 0 Å². The van der Waals surface area contributed by atoms with Gasteiger partial charge in [-0.1, -0.05) is 30.3 Å². The van der Waals surface area contributed by atoms with E-state index in [1.807, 2.05) is 35.2 Å². The summed E-state index contributed by atoms with van der Waals surface area (Å²) in [6, 6.07) is 11.7. The van der Waals surface area contributed by atoms with Crippen LogP contribution in [0.15, 0.2) is 42.6 Å². The number of amides is 1. The number of benzene rings is 1. The Kier molecular flexibility index (Phi) is 4.15. The first kappa shape index (κ1) is 16.1. The number of nitrogens with zero attached hydrogens (tertiary/aromatic N) is 3. The standard InChI is InChI=1S/C19H22N4O2/c1-22-9-10-25-16-12-23(11-15(16)22)19(24)14-7-8-21-18(17(14)20)13-5-3-2-4-6-13/h2-8,15-16H,9-12,20H2,1H3/t15-,16+/m0/s1. The van der Waals surface area contributed by atoms with Crippen molar-refractivity contribution < 1.29 is 9.53 Å². The van der Waals surface area contributed by atoms with Gasteiger partial charge in [-0.05, 0) is 13.1 Å². The average molecular weight is 338 g/mol. The highest BCUT2D eigenvalue weighted by Crippen LogP contribution is 2.29. The lowest BCUT2D eigenvalue weighted by Crippen LogP contribution is -2.48. The molecule has 4 rings (SSSR count). The summed E-state index contributed by atoms with van der Waals surface area (Å²) in [5.74, 6) is -0.0523. The summed E-state index contributed by atoms with van der Waals surface area (Å²) in [5, 5.41) is 0. The highest BCUT2D eigenvalue weighted by molar-refractivity contribution is 6.02. The third kappa shape index (κ3) is 2.88. The summed E-state index contributed by atoms with van der Waals surface area (Å²) in [7, 11) is 2.09. The topological polar surface area (TPSA) is 71.7 Å². The molecule has 2 fully saturated rings. The van der Waals surface area contributed by atoms with Crippen LogP contribution in [-0.4, -0.2) is 66.1 Å². The molecule has 0 bridgehead atoms. The normalized spacial score (nSPS) is 23.5. The van der Waals surface area contributed by atoms with Gasteiger partial charge in [0.25, 0.3) is 5.91 Å². The Morgan fingerprint density at radius 2 is 2.04 bits per heavy atom. The number of likely N-dealkylation sites (tertiary alicyclic amines) is 1. The highest BCUT2D eigenvalue weighted by atomic mass is 16.5. The highest BCUT2D eigenvalue weighted by Gasteiger charge is 2.40. The van der Waals surface area contributed by atoms with E-state index < -0.39 is 0 Å². The molecule has 2 aliphatic rings. The van der Waals surface area contributed by atoms with Gasteiger partial charge in [0.15, 0.2) is 0 Å². The van der Waals surface area contributed by atoms with Gasteiger partial charge < -0.3 is 15.4 Å². The fraction of sp³-hybridized carbons (Fsp3) is 0.368. The number of nitrogen functional groups attached to an aromatic ring is 1. The Labute approximate surface area is 147 Å². The SMILES string of the molecule is CN1CCO[C@@H]2CN(C(=O)c3ccnc(-c4ccccc4)c3N)C[C@@H]21. The van der Waals surface area contributed by atoms with E-state index in [0.29, 0.717) is 30.0 Å². The molecule has 2 aliphatic heterocycles. The molecule has 6 heteroatoms. The van der Waals surface area contributed by atoms with Crippen LogP contribution in [-0.2, 0) is 4.74 Å². The van der Waals surface area contributed by atoms with Crippen LogP contribution < -0.4 is 5.73 Å². The summed E-state index contributed by atoms with van der Waals surface area (Å²) in [6.45, 7) is 2.90. The number of carbonyl (C=O) groups excluding carboxylic acids is 1. The third-order valence-electron chi connectivity index (χ3n) is 5.13. The molecular formula is C19H22N4O2. The molecule has 2 aromatic rings. The minimum atomic E-state index is -0.0523. The van der Waals surface area contributed by atoms with Crippen molar-refractivity contribution >= 4 is 11.6 Å². The first-order chi connectivity index (χ1) is 12.1. The Bertz CT molecular complexity index is 780. The van der Waals surface area contributed by atoms with Gasteiger partial charge in [-0.25, -0.2) is 0 Å². The van der Waals surface area contributed by atoms with E-state index >= 15 is 0 Å². The predicted molar refractivity (Wildman–Crippen MR) is 96.1 cm³/mol. The molecule has 0 unspecified atom stereocenters. The minimum Gasteiger partial charge on any atom is -0.396 e. The van der Waals surface area contributed by atoms with E-state index in [9.17, 15) is 4.79 Å². The number of pyridine rings is 1. The molecule has 0 saturated carbocycles. The first-order valence-electron chi connectivity index (χ1n) is 8.56. The average Bonchev–Trinajstić information content (AvgIpc) is 3.08. The maximum Gasteiger partial charge on any atom is 0.256 e. The number of hydrogen-bond donors (Lipinski definition) is 1. The molecule has 0 radical (unpaired) electrons. The molecule has 2 atom stereocenters. The second-order valence-electron chi connectivity index (χ2n) is 6.65. The zero-order valence-electron chi connectivity index (χ0n) is 14.3. The van der Waals surface area contributed by atoms with Crippen molar-refractivity contribution in [2.45, 2.75) is 12.1 Å². The van der Waals surface area contributed by atoms with Crippen molar-refractivity contribution in [2.24, 2.45) is 0 Å². The largest absolute Gasteiger partial charge is 0.396 e. The number of carbonyl (C=O) groups is 1. The number of fused-ring (bicyclic) bond motifs is 1. The summed E-state index contributed by atoms with van der Waals surface area (Å²) in [5.41, 5.74) is 8.81. The summed E-state index contributed by atoms with van der Waals surface area (Å²) >= 11 is 0. The second-order valence-corrected chi connectivity index (χ2v) is 6.65. The van der Waals surface area contributed by atoms with Crippen molar-refractivity contribution in [3.05, 3.63) is 48.2 Å². The van der Waals surface area contributed by atoms with Gasteiger partial charge in [0.1, 0.15) is 0 Å². The van der Waals surface area contributed by atoms with Gasteiger partial charge >= 0.3 is 0 Å². The van der Waals surface area contributed by atoms with E-state index in [1.165, 1.54) is 0 Å².